The number of carbonyl (C=O) groups excluding carboxylic acids is 1. The van der Waals surface area contributed by atoms with Gasteiger partial charge in [0.2, 0.25) is 0 Å². The highest BCUT2D eigenvalue weighted by molar-refractivity contribution is 8.27. The molecule has 1 aliphatic rings. The summed E-state index contributed by atoms with van der Waals surface area (Å²) in [6.45, 7) is 4.15. The molecule has 142 valence electrons. The molecule has 6 heteroatoms. The summed E-state index contributed by atoms with van der Waals surface area (Å²) < 4.78 is 11.3. The molecule has 0 aromatic heterocycles. The van der Waals surface area contributed by atoms with Crippen LogP contribution in [-0.4, -0.2) is 23.9 Å². The first kappa shape index (κ1) is 20.0. The first-order valence-corrected chi connectivity index (χ1v) is 9.76. The third-order valence-corrected chi connectivity index (χ3v) is 5.49. The Morgan fingerprint density at radius 2 is 2.00 bits per heavy atom. The van der Waals surface area contributed by atoms with Crippen LogP contribution in [0.2, 0.25) is 0 Å². The summed E-state index contributed by atoms with van der Waals surface area (Å²) in [5.41, 5.74) is 3.77. The highest BCUT2D eigenvalue weighted by atomic mass is 32.2. The zero-order chi connectivity index (χ0) is 20.3. The number of amides is 1. The molecule has 3 rings (SSSR count). The number of anilines is 1. The van der Waals surface area contributed by atoms with Gasteiger partial charge in [0.25, 0.3) is 5.91 Å². The lowest BCUT2D eigenvalue weighted by Crippen LogP contribution is -2.28. The molecule has 28 heavy (non-hydrogen) atoms. The van der Waals surface area contributed by atoms with Crippen LogP contribution < -0.4 is 14.4 Å². The van der Waals surface area contributed by atoms with Crippen molar-refractivity contribution < 1.29 is 14.3 Å². The monoisotopic (exact) mass is 409 g/mol. The largest absolute Gasteiger partial charge is 0.493 e. The molecule has 0 spiro atoms. The van der Waals surface area contributed by atoms with Crippen molar-refractivity contribution in [1.82, 2.24) is 0 Å². The molecule has 1 amide bonds. The van der Waals surface area contributed by atoms with E-state index in [1.807, 2.05) is 38.1 Å². The molecule has 0 N–H and O–H groups in total. The van der Waals surface area contributed by atoms with E-state index in [1.54, 1.807) is 30.2 Å². The van der Waals surface area contributed by atoms with Crippen LogP contribution in [0.15, 0.2) is 41.3 Å². The van der Waals surface area contributed by atoms with Crippen molar-refractivity contribution in [2.75, 3.05) is 18.6 Å². The van der Waals surface area contributed by atoms with Crippen molar-refractivity contribution in [2.24, 2.45) is 0 Å². The number of aryl methyl sites for hydroxylation is 2. The van der Waals surface area contributed by atoms with Gasteiger partial charge in [-0.1, -0.05) is 53.7 Å². The van der Waals surface area contributed by atoms with Crippen LogP contribution in [0.5, 0.6) is 11.5 Å². The van der Waals surface area contributed by atoms with Crippen LogP contribution in [0.1, 0.15) is 16.7 Å². The molecule has 0 atom stereocenters. The third kappa shape index (κ3) is 4.06. The quantitative estimate of drug-likeness (QED) is 0.406. The van der Waals surface area contributed by atoms with Crippen LogP contribution in [0.4, 0.5) is 5.69 Å². The minimum Gasteiger partial charge on any atom is -0.493 e. The fourth-order valence-electron chi connectivity index (χ4n) is 2.90. The number of rotatable bonds is 5. The van der Waals surface area contributed by atoms with Crippen molar-refractivity contribution in [1.29, 1.82) is 0 Å². The van der Waals surface area contributed by atoms with Gasteiger partial charge in [-0.15, -0.1) is 6.42 Å². The maximum Gasteiger partial charge on any atom is 0.270 e. The van der Waals surface area contributed by atoms with Gasteiger partial charge in [-0.25, -0.2) is 0 Å². The van der Waals surface area contributed by atoms with E-state index in [-0.39, 0.29) is 12.5 Å². The lowest BCUT2D eigenvalue weighted by Gasteiger charge is -2.17. The fraction of sp³-hybridized carbons (Fsp3) is 0.182. The van der Waals surface area contributed by atoms with Gasteiger partial charge in [-0.05, 0) is 49.2 Å². The molecule has 1 fully saturated rings. The molecular weight excluding hydrogens is 390 g/mol. The van der Waals surface area contributed by atoms with Crippen molar-refractivity contribution in [3.8, 4) is 23.8 Å². The molecule has 1 aliphatic heterocycles. The zero-order valence-electron chi connectivity index (χ0n) is 15.8. The Labute approximate surface area is 174 Å². The number of terminal acetylenes is 1. The van der Waals surface area contributed by atoms with Gasteiger partial charge in [0, 0.05) is 0 Å². The summed E-state index contributed by atoms with van der Waals surface area (Å²) >= 11 is 6.75. The molecule has 1 heterocycles. The SMILES string of the molecule is C#CCOc1ccc(/C=C2/SC(=S)N(c3ccc(C)cc3C)C2=O)cc1OC. The Hall–Kier alpha value is -2.75. The van der Waals surface area contributed by atoms with E-state index < -0.39 is 0 Å². The number of thiocarbonyl (C=S) groups is 1. The number of methoxy groups -OCH3 is 1. The van der Waals surface area contributed by atoms with Crippen molar-refractivity contribution in [3.05, 3.63) is 58.0 Å². The lowest BCUT2D eigenvalue weighted by atomic mass is 10.1. The van der Waals surface area contributed by atoms with Crippen LogP contribution in [-0.2, 0) is 4.79 Å². The molecule has 0 radical (unpaired) electrons. The van der Waals surface area contributed by atoms with Gasteiger partial charge in [-0.3, -0.25) is 9.69 Å². The summed E-state index contributed by atoms with van der Waals surface area (Å²) in [5, 5.41) is 0. The fourth-order valence-corrected chi connectivity index (χ4v) is 4.18. The van der Waals surface area contributed by atoms with Gasteiger partial charge >= 0.3 is 0 Å². The van der Waals surface area contributed by atoms with Gasteiger partial charge < -0.3 is 9.47 Å². The standard InChI is InChI=1S/C22H19NO3S2/c1-5-10-26-18-9-7-16(12-19(18)25-4)13-20-21(24)23(22(27)28-20)17-8-6-14(2)11-15(17)3/h1,6-9,11-13H,10H2,2-4H3/b20-13+. The van der Waals surface area contributed by atoms with E-state index in [0.29, 0.717) is 20.7 Å². The molecular formula is C22H19NO3S2. The summed E-state index contributed by atoms with van der Waals surface area (Å²) in [6.07, 6.45) is 7.03. The molecule has 2 aromatic rings. The molecule has 4 nitrogen and oxygen atoms in total. The molecule has 0 aliphatic carbocycles. The van der Waals surface area contributed by atoms with E-state index in [4.69, 9.17) is 28.1 Å². The first-order valence-electron chi connectivity index (χ1n) is 8.54. The average molecular weight is 410 g/mol. The molecule has 2 aromatic carbocycles. The van der Waals surface area contributed by atoms with Crippen molar-refractivity contribution in [3.63, 3.8) is 0 Å². The lowest BCUT2D eigenvalue weighted by molar-refractivity contribution is -0.113. The number of ether oxygens (including phenoxy) is 2. The topological polar surface area (TPSA) is 38.8 Å². The van der Waals surface area contributed by atoms with Crippen LogP contribution in [0, 0.1) is 26.2 Å². The zero-order valence-corrected chi connectivity index (χ0v) is 17.4. The van der Waals surface area contributed by atoms with Crippen LogP contribution in [0.25, 0.3) is 6.08 Å². The number of hydrogen-bond acceptors (Lipinski definition) is 5. The summed E-state index contributed by atoms with van der Waals surface area (Å²) in [6, 6.07) is 11.4. The number of nitrogens with zero attached hydrogens (tertiary/aromatic N) is 1. The number of carbonyl (C=O) groups is 1. The van der Waals surface area contributed by atoms with Crippen LogP contribution in [0.3, 0.4) is 0 Å². The van der Waals surface area contributed by atoms with Crippen LogP contribution >= 0.6 is 24.0 Å². The second kappa shape index (κ2) is 8.51. The van der Waals surface area contributed by atoms with E-state index >= 15 is 0 Å². The number of thioether (sulfide) groups is 1. The summed E-state index contributed by atoms with van der Waals surface area (Å²) in [5.74, 6) is 3.40. The van der Waals surface area contributed by atoms with Crippen molar-refractivity contribution >= 4 is 46.0 Å². The maximum absolute atomic E-state index is 13.0. The first-order chi connectivity index (χ1) is 13.4. The van der Waals surface area contributed by atoms with E-state index in [1.165, 1.54) is 11.8 Å². The molecule has 0 unspecified atom stereocenters. The molecule has 0 bridgehead atoms. The van der Waals surface area contributed by atoms with Gasteiger partial charge in [0.05, 0.1) is 17.7 Å². The maximum atomic E-state index is 13.0. The third-order valence-electron chi connectivity index (χ3n) is 4.18. The molecule has 0 saturated carbocycles. The summed E-state index contributed by atoms with van der Waals surface area (Å²) in [4.78, 5) is 15.1. The predicted octanol–water partition coefficient (Wildman–Crippen LogP) is 4.73. The second-order valence-electron chi connectivity index (χ2n) is 6.21. The normalized spacial score (nSPS) is 15.1. The smallest absolute Gasteiger partial charge is 0.270 e. The van der Waals surface area contributed by atoms with Gasteiger partial charge in [0.15, 0.2) is 15.8 Å². The Bertz CT molecular complexity index is 1020. The Balaban J connectivity index is 1.90. The Morgan fingerprint density at radius 3 is 2.68 bits per heavy atom. The van der Waals surface area contributed by atoms with Gasteiger partial charge in [0.1, 0.15) is 6.61 Å². The average Bonchev–Trinajstić information content (AvgIpc) is 2.94. The number of hydrogen-bond donors (Lipinski definition) is 0. The Kier molecular flexibility index (Phi) is 6.08. The van der Waals surface area contributed by atoms with Crippen molar-refractivity contribution in [2.45, 2.75) is 13.8 Å². The highest BCUT2D eigenvalue weighted by Gasteiger charge is 2.34. The second-order valence-corrected chi connectivity index (χ2v) is 7.89. The minimum atomic E-state index is -0.131. The Morgan fingerprint density at radius 1 is 1.21 bits per heavy atom. The molecule has 1 saturated heterocycles. The van der Waals surface area contributed by atoms with Gasteiger partial charge in [-0.2, -0.15) is 0 Å². The van der Waals surface area contributed by atoms with E-state index in [9.17, 15) is 4.79 Å². The predicted molar refractivity (Wildman–Crippen MR) is 119 cm³/mol. The number of benzene rings is 2. The minimum absolute atomic E-state index is 0.131. The summed E-state index contributed by atoms with van der Waals surface area (Å²) in [7, 11) is 1.56. The van der Waals surface area contributed by atoms with E-state index in [0.717, 1.165) is 22.4 Å². The highest BCUT2D eigenvalue weighted by Crippen LogP contribution is 2.38. The van der Waals surface area contributed by atoms with E-state index in [2.05, 4.69) is 5.92 Å².